The number of nitrogens with two attached hydrogens (primary N) is 1. The van der Waals surface area contributed by atoms with Gasteiger partial charge < -0.3 is 11.1 Å². The van der Waals surface area contributed by atoms with Gasteiger partial charge in [-0.05, 0) is 17.9 Å². The highest BCUT2D eigenvalue weighted by Gasteiger charge is 2.28. The summed E-state index contributed by atoms with van der Waals surface area (Å²) in [4.78, 5) is 10.9. The van der Waals surface area contributed by atoms with Crippen LogP contribution in [0.4, 0.5) is 0 Å². The molecule has 1 aliphatic heterocycles. The average Bonchev–Trinajstić information content (AvgIpc) is 2.68. The number of nitrogens with one attached hydrogen (secondary N) is 1. The first-order valence-electron chi connectivity index (χ1n) is 4.85. The van der Waals surface area contributed by atoms with Crippen LogP contribution in [0.5, 0.6) is 0 Å². The van der Waals surface area contributed by atoms with Crippen molar-refractivity contribution < 1.29 is 4.79 Å². The van der Waals surface area contributed by atoms with Crippen LogP contribution < -0.4 is 11.1 Å². The van der Waals surface area contributed by atoms with Gasteiger partial charge in [0, 0.05) is 6.54 Å². The van der Waals surface area contributed by atoms with Crippen LogP contribution >= 0.6 is 12.4 Å². The van der Waals surface area contributed by atoms with Crippen molar-refractivity contribution in [2.24, 2.45) is 5.73 Å². The largest absolute Gasteiger partial charge is 0.368 e. The molecule has 1 aromatic rings. The van der Waals surface area contributed by atoms with Crippen LogP contribution in [-0.4, -0.2) is 18.5 Å². The summed E-state index contributed by atoms with van der Waals surface area (Å²) in [5.74, 6) is 0.178. The van der Waals surface area contributed by atoms with Crippen molar-refractivity contribution in [2.75, 3.05) is 6.54 Å². The topological polar surface area (TPSA) is 55.1 Å². The molecule has 0 aromatic heterocycles. The number of carbonyl (C=O) groups excluding carboxylic acids is 1. The summed E-state index contributed by atoms with van der Waals surface area (Å²) in [6.45, 7) is 0.845. The molecule has 2 atom stereocenters. The van der Waals surface area contributed by atoms with E-state index in [1.54, 1.807) is 0 Å². The Morgan fingerprint density at radius 2 is 2.00 bits per heavy atom. The molecule has 1 heterocycles. The zero-order valence-corrected chi connectivity index (χ0v) is 9.17. The Morgan fingerprint density at radius 1 is 1.33 bits per heavy atom. The van der Waals surface area contributed by atoms with E-state index in [-0.39, 0.29) is 24.4 Å². The third-order valence-corrected chi connectivity index (χ3v) is 2.75. The molecular weight excluding hydrogens is 212 g/mol. The molecule has 1 fully saturated rings. The fourth-order valence-corrected chi connectivity index (χ4v) is 1.93. The molecule has 2 unspecified atom stereocenters. The highest BCUT2D eigenvalue weighted by molar-refractivity contribution is 5.85. The lowest BCUT2D eigenvalue weighted by atomic mass is 9.96. The summed E-state index contributed by atoms with van der Waals surface area (Å²) >= 11 is 0. The maximum Gasteiger partial charge on any atom is 0.234 e. The highest BCUT2D eigenvalue weighted by Crippen LogP contribution is 2.24. The van der Waals surface area contributed by atoms with Gasteiger partial charge in [0.25, 0.3) is 0 Å². The first-order valence-corrected chi connectivity index (χ1v) is 4.85. The van der Waals surface area contributed by atoms with E-state index < -0.39 is 0 Å². The van der Waals surface area contributed by atoms with E-state index in [9.17, 15) is 4.79 Å². The van der Waals surface area contributed by atoms with E-state index in [1.807, 2.05) is 18.2 Å². The quantitative estimate of drug-likeness (QED) is 0.792. The van der Waals surface area contributed by atoms with Crippen molar-refractivity contribution >= 4 is 18.3 Å². The molecule has 4 heteroatoms. The Kier molecular flexibility index (Phi) is 4.12. The molecule has 3 nitrogen and oxygen atoms in total. The van der Waals surface area contributed by atoms with Crippen molar-refractivity contribution in [3.8, 4) is 0 Å². The zero-order valence-electron chi connectivity index (χ0n) is 8.35. The fraction of sp³-hybridized carbons (Fsp3) is 0.364. The maximum absolute atomic E-state index is 10.9. The highest BCUT2D eigenvalue weighted by atomic mass is 35.5. The van der Waals surface area contributed by atoms with E-state index in [0.717, 1.165) is 13.0 Å². The summed E-state index contributed by atoms with van der Waals surface area (Å²) in [6.07, 6.45) is 0.819. The van der Waals surface area contributed by atoms with Crippen molar-refractivity contribution in [2.45, 2.75) is 18.4 Å². The molecule has 0 radical (unpaired) electrons. The lowest BCUT2D eigenvalue weighted by Gasteiger charge is -2.07. The van der Waals surface area contributed by atoms with E-state index >= 15 is 0 Å². The van der Waals surface area contributed by atoms with Crippen LogP contribution in [0.25, 0.3) is 0 Å². The summed E-state index contributed by atoms with van der Waals surface area (Å²) in [7, 11) is 0. The Labute approximate surface area is 95.5 Å². The predicted octanol–water partition coefficient (Wildman–Crippen LogP) is 1.04. The number of halogens is 1. The molecule has 15 heavy (non-hydrogen) atoms. The minimum atomic E-state index is -0.247. The van der Waals surface area contributed by atoms with Gasteiger partial charge in [0.15, 0.2) is 0 Å². The Bertz CT molecular complexity index is 329. The van der Waals surface area contributed by atoms with Crippen LogP contribution in [0.3, 0.4) is 0 Å². The molecule has 0 saturated carbocycles. The number of hydrogen-bond acceptors (Lipinski definition) is 2. The molecule has 1 amide bonds. The monoisotopic (exact) mass is 226 g/mol. The normalized spacial score (nSPS) is 24.5. The zero-order chi connectivity index (χ0) is 9.97. The molecule has 0 spiro atoms. The first kappa shape index (κ1) is 12.0. The van der Waals surface area contributed by atoms with Gasteiger partial charge in [0.05, 0.1) is 6.04 Å². The molecule has 0 bridgehead atoms. The second-order valence-electron chi connectivity index (χ2n) is 3.71. The van der Waals surface area contributed by atoms with Crippen LogP contribution in [0.15, 0.2) is 30.3 Å². The minimum Gasteiger partial charge on any atom is -0.368 e. The Hall–Kier alpha value is -1.06. The second-order valence-corrected chi connectivity index (χ2v) is 3.71. The van der Waals surface area contributed by atoms with Gasteiger partial charge in [-0.2, -0.15) is 0 Å². The van der Waals surface area contributed by atoms with Crippen molar-refractivity contribution in [3.05, 3.63) is 35.9 Å². The summed E-state index contributed by atoms with van der Waals surface area (Å²) in [6, 6.07) is 10.1. The molecular formula is C11H15ClN2O. The standard InChI is InChI=1S/C11H14N2O.ClH/c12-11(14)10-6-9(7-13-10)8-4-2-1-3-5-8;/h1-5,9-10,13H,6-7H2,(H2,12,14);1H. The summed E-state index contributed by atoms with van der Waals surface area (Å²) in [5.41, 5.74) is 6.52. The van der Waals surface area contributed by atoms with Gasteiger partial charge in [-0.25, -0.2) is 0 Å². The Balaban J connectivity index is 0.00000112. The predicted molar refractivity (Wildman–Crippen MR) is 62.0 cm³/mol. The maximum atomic E-state index is 10.9. The van der Waals surface area contributed by atoms with Gasteiger partial charge in [0.2, 0.25) is 5.91 Å². The van der Waals surface area contributed by atoms with Crippen LogP contribution in [0.1, 0.15) is 17.9 Å². The summed E-state index contributed by atoms with van der Waals surface area (Å²) < 4.78 is 0. The third-order valence-electron chi connectivity index (χ3n) is 2.75. The molecule has 1 aliphatic rings. The van der Waals surface area contributed by atoms with Gasteiger partial charge in [-0.3, -0.25) is 4.79 Å². The lowest BCUT2D eigenvalue weighted by molar-refractivity contribution is -0.119. The van der Waals surface area contributed by atoms with E-state index in [1.165, 1.54) is 5.56 Å². The molecule has 1 aromatic carbocycles. The number of amides is 1. The Morgan fingerprint density at radius 3 is 2.53 bits per heavy atom. The van der Waals surface area contributed by atoms with Gasteiger partial charge in [-0.1, -0.05) is 30.3 Å². The molecule has 0 aliphatic carbocycles. The smallest absolute Gasteiger partial charge is 0.234 e. The van der Waals surface area contributed by atoms with Gasteiger partial charge >= 0.3 is 0 Å². The van der Waals surface area contributed by atoms with Crippen molar-refractivity contribution in [1.82, 2.24) is 5.32 Å². The SMILES string of the molecule is Cl.NC(=O)C1CC(c2ccccc2)CN1. The number of primary amides is 1. The molecule has 82 valence electrons. The molecule has 2 rings (SSSR count). The van der Waals surface area contributed by atoms with E-state index in [0.29, 0.717) is 5.92 Å². The van der Waals surface area contributed by atoms with E-state index in [4.69, 9.17) is 5.73 Å². The fourth-order valence-electron chi connectivity index (χ4n) is 1.93. The second kappa shape index (κ2) is 5.14. The van der Waals surface area contributed by atoms with Crippen LogP contribution in [-0.2, 0) is 4.79 Å². The van der Waals surface area contributed by atoms with Crippen molar-refractivity contribution in [3.63, 3.8) is 0 Å². The van der Waals surface area contributed by atoms with E-state index in [2.05, 4.69) is 17.4 Å². The van der Waals surface area contributed by atoms with Crippen LogP contribution in [0.2, 0.25) is 0 Å². The number of rotatable bonds is 2. The first-order chi connectivity index (χ1) is 6.77. The summed E-state index contributed by atoms with van der Waals surface area (Å²) in [5, 5.41) is 3.13. The van der Waals surface area contributed by atoms with Crippen molar-refractivity contribution in [1.29, 1.82) is 0 Å². The molecule has 3 N–H and O–H groups in total. The number of hydrogen-bond donors (Lipinski definition) is 2. The number of benzene rings is 1. The minimum absolute atomic E-state index is 0. The third kappa shape index (κ3) is 2.70. The lowest BCUT2D eigenvalue weighted by Crippen LogP contribution is -2.36. The average molecular weight is 227 g/mol. The van der Waals surface area contributed by atoms with Gasteiger partial charge in [-0.15, -0.1) is 12.4 Å². The van der Waals surface area contributed by atoms with Crippen LogP contribution in [0, 0.1) is 0 Å². The number of carbonyl (C=O) groups is 1. The van der Waals surface area contributed by atoms with Gasteiger partial charge in [0.1, 0.15) is 0 Å². The molecule has 1 saturated heterocycles.